The van der Waals surface area contributed by atoms with Crippen molar-refractivity contribution in [3.05, 3.63) is 59.4 Å². The molecule has 5 nitrogen and oxygen atoms in total. The molecule has 104 valence electrons. The third-order valence-electron chi connectivity index (χ3n) is 3.16. The fourth-order valence-electron chi connectivity index (χ4n) is 2.00. The van der Waals surface area contributed by atoms with Gasteiger partial charge in [0.1, 0.15) is 0 Å². The number of aryl methyl sites for hydroxylation is 1. The van der Waals surface area contributed by atoms with Crippen LogP contribution >= 0.6 is 0 Å². The third-order valence-corrected chi connectivity index (χ3v) is 3.16. The van der Waals surface area contributed by atoms with Crippen LogP contribution in [-0.4, -0.2) is 17.4 Å². The van der Waals surface area contributed by atoms with Crippen molar-refractivity contribution >= 4 is 11.6 Å². The van der Waals surface area contributed by atoms with Crippen molar-refractivity contribution in [3.8, 4) is 0 Å². The number of carbonyl (C=O) groups excluding carboxylic acids is 1. The minimum Gasteiger partial charge on any atom is -0.352 e. The van der Waals surface area contributed by atoms with E-state index < -0.39 is 0 Å². The van der Waals surface area contributed by atoms with Crippen LogP contribution in [0, 0.1) is 6.92 Å². The second-order valence-corrected chi connectivity index (χ2v) is 4.50. The van der Waals surface area contributed by atoms with Crippen LogP contribution in [-0.2, 0) is 6.42 Å². The number of pyridine rings is 1. The monoisotopic (exact) mass is 270 g/mol. The fraction of sp³-hybridized carbons (Fsp3) is 0.200. The van der Waals surface area contributed by atoms with Gasteiger partial charge >= 0.3 is 0 Å². The van der Waals surface area contributed by atoms with Crippen LogP contribution < -0.4 is 16.6 Å². The number of nitrogens with two attached hydrogens (primary N) is 1. The number of amides is 1. The number of benzene rings is 1. The van der Waals surface area contributed by atoms with E-state index in [1.807, 2.05) is 12.1 Å². The van der Waals surface area contributed by atoms with Crippen molar-refractivity contribution in [2.75, 3.05) is 12.0 Å². The molecule has 0 bridgehead atoms. The van der Waals surface area contributed by atoms with Crippen molar-refractivity contribution in [2.45, 2.75) is 13.3 Å². The number of anilines is 1. The summed E-state index contributed by atoms with van der Waals surface area (Å²) in [5.74, 6) is 5.19. The number of carbonyl (C=O) groups is 1. The first-order chi connectivity index (χ1) is 9.72. The number of rotatable bonds is 5. The maximum Gasteiger partial charge on any atom is 0.255 e. The molecule has 0 saturated carbocycles. The molecule has 5 heteroatoms. The first-order valence-corrected chi connectivity index (χ1v) is 6.45. The van der Waals surface area contributed by atoms with Gasteiger partial charge in [-0.1, -0.05) is 24.3 Å². The lowest BCUT2D eigenvalue weighted by molar-refractivity contribution is 0.0954. The molecule has 1 aromatic carbocycles. The molecule has 2 aromatic rings. The van der Waals surface area contributed by atoms with Crippen molar-refractivity contribution in [3.63, 3.8) is 0 Å². The maximum atomic E-state index is 12.1. The van der Waals surface area contributed by atoms with Crippen LogP contribution in [0.4, 0.5) is 5.69 Å². The number of aromatic nitrogens is 1. The standard InChI is InChI=1S/C15H18N4O/c1-11-4-2-3-5-12(11)6-9-18-15(20)13-10-17-8-7-14(13)19-16/h2-5,7-8,10H,6,9,16H2,1H3,(H,17,19)(H,18,20). The van der Waals surface area contributed by atoms with Gasteiger partial charge in [0.25, 0.3) is 5.91 Å². The Morgan fingerprint density at radius 1 is 1.30 bits per heavy atom. The van der Waals surface area contributed by atoms with E-state index in [4.69, 9.17) is 5.84 Å². The lowest BCUT2D eigenvalue weighted by Gasteiger charge is -2.10. The Kier molecular flexibility index (Phi) is 4.68. The zero-order valence-corrected chi connectivity index (χ0v) is 11.4. The first kappa shape index (κ1) is 14.0. The van der Waals surface area contributed by atoms with Crippen molar-refractivity contribution < 1.29 is 4.79 Å². The molecule has 1 aromatic heterocycles. The summed E-state index contributed by atoms with van der Waals surface area (Å²) in [4.78, 5) is 16.0. The Labute approximate surface area is 118 Å². The highest BCUT2D eigenvalue weighted by atomic mass is 16.1. The molecule has 4 N–H and O–H groups in total. The second-order valence-electron chi connectivity index (χ2n) is 4.50. The van der Waals surface area contributed by atoms with Gasteiger partial charge in [-0.15, -0.1) is 0 Å². The number of hydrazine groups is 1. The highest BCUT2D eigenvalue weighted by Crippen LogP contribution is 2.11. The maximum absolute atomic E-state index is 12.1. The van der Waals surface area contributed by atoms with E-state index >= 15 is 0 Å². The number of hydrogen-bond donors (Lipinski definition) is 3. The minimum atomic E-state index is -0.181. The Morgan fingerprint density at radius 2 is 2.10 bits per heavy atom. The number of nitrogens with zero attached hydrogens (tertiary/aromatic N) is 1. The van der Waals surface area contributed by atoms with Gasteiger partial charge in [-0.2, -0.15) is 0 Å². The van der Waals surface area contributed by atoms with Crippen LogP contribution in [0.15, 0.2) is 42.7 Å². The van der Waals surface area contributed by atoms with Crippen molar-refractivity contribution in [1.82, 2.24) is 10.3 Å². The summed E-state index contributed by atoms with van der Waals surface area (Å²) in [6.45, 7) is 2.64. The Morgan fingerprint density at radius 3 is 2.85 bits per heavy atom. The molecule has 1 heterocycles. The van der Waals surface area contributed by atoms with Crippen molar-refractivity contribution in [2.24, 2.45) is 5.84 Å². The molecular weight excluding hydrogens is 252 g/mol. The van der Waals surface area contributed by atoms with Crippen LogP contribution in [0.3, 0.4) is 0 Å². The van der Waals surface area contributed by atoms with Crippen LogP contribution in [0.5, 0.6) is 0 Å². The van der Waals surface area contributed by atoms with E-state index in [0.29, 0.717) is 17.8 Å². The summed E-state index contributed by atoms with van der Waals surface area (Å²) < 4.78 is 0. The summed E-state index contributed by atoms with van der Waals surface area (Å²) in [6, 6.07) is 9.80. The molecule has 0 unspecified atom stereocenters. The number of hydrogen-bond acceptors (Lipinski definition) is 4. The quantitative estimate of drug-likeness (QED) is 0.570. The Hall–Kier alpha value is -2.40. The van der Waals surface area contributed by atoms with Gasteiger partial charge in [0, 0.05) is 18.9 Å². The van der Waals surface area contributed by atoms with E-state index in [1.54, 1.807) is 12.3 Å². The molecule has 0 aliphatic rings. The lowest BCUT2D eigenvalue weighted by atomic mass is 10.1. The highest BCUT2D eigenvalue weighted by Gasteiger charge is 2.10. The molecule has 20 heavy (non-hydrogen) atoms. The topological polar surface area (TPSA) is 80.0 Å². The van der Waals surface area contributed by atoms with Gasteiger partial charge in [-0.25, -0.2) is 0 Å². The van der Waals surface area contributed by atoms with Gasteiger partial charge in [0.2, 0.25) is 0 Å². The summed E-state index contributed by atoms with van der Waals surface area (Å²) in [6.07, 6.45) is 3.88. The van der Waals surface area contributed by atoms with Crippen LogP contribution in [0.2, 0.25) is 0 Å². The normalized spacial score (nSPS) is 10.1. The van der Waals surface area contributed by atoms with Crippen molar-refractivity contribution in [1.29, 1.82) is 0 Å². The van der Waals surface area contributed by atoms with E-state index in [1.165, 1.54) is 17.3 Å². The zero-order valence-electron chi connectivity index (χ0n) is 11.4. The molecule has 0 aliphatic heterocycles. The fourth-order valence-corrected chi connectivity index (χ4v) is 2.00. The summed E-state index contributed by atoms with van der Waals surface area (Å²) >= 11 is 0. The predicted molar refractivity (Wildman–Crippen MR) is 79.3 cm³/mol. The van der Waals surface area contributed by atoms with Crippen LogP contribution in [0.1, 0.15) is 21.5 Å². The molecular formula is C15H18N4O. The smallest absolute Gasteiger partial charge is 0.255 e. The highest BCUT2D eigenvalue weighted by molar-refractivity contribution is 5.99. The van der Waals surface area contributed by atoms with Crippen LogP contribution in [0.25, 0.3) is 0 Å². The average molecular weight is 270 g/mol. The predicted octanol–water partition coefficient (Wildman–Crippen LogP) is 1.65. The molecule has 0 aliphatic carbocycles. The van der Waals surface area contributed by atoms with E-state index in [-0.39, 0.29) is 5.91 Å². The number of nitrogens with one attached hydrogen (secondary N) is 2. The molecule has 0 fully saturated rings. The average Bonchev–Trinajstić information content (AvgIpc) is 2.49. The first-order valence-electron chi connectivity index (χ1n) is 6.45. The largest absolute Gasteiger partial charge is 0.352 e. The van der Waals surface area contributed by atoms with Gasteiger partial charge in [0.05, 0.1) is 11.3 Å². The van der Waals surface area contributed by atoms with E-state index in [0.717, 1.165) is 6.42 Å². The van der Waals surface area contributed by atoms with Gasteiger partial charge in [0.15, 0.2) is 0 Å². The Bertz CT molecular complexity index is 598. The second kappa shape index (κ2) is 6.68. The zero-order chi connectivity index (χ0) is 14.4. The Balaban J connectivity index is 1.94. The molecule has 0 atom stereocenters. The number of nitrogen functional groups attached to an aromatic ring is 1. The van der Waals surface area contributed by atoms with Gasteiger partial charge < -0.3 is 10.7 Å². The molecule has 2 rings (SSSR count). The molecule has 0 radical (unpaired) electrons. The van der Waals surface area contributed by atoms with Gasteiger partial charge in [-0.3, -0.25) is 15.6 Å². The summed E-state index contributed by atoms with van der Waals surface area (Å²) in [5, 5.41) is 2.87. The van der Waals surface area contributed by atoms with E-state index in [2.05, 4.69) is 34.8 Å². The molecule has 0 saturated heterocycles. The molecule has 0 spiro atoms. The lowest BCUT2D eigenvalue weighted by Crippen LogP contribution is -2.27. The SMILES string of the molecule is Cc1ccccc1CCNC(=O)c1cnccc1NN. The summed E-state index contributed by atoms with van der Waals surface area (Å²) in [7, 11) is 0. The minimum absolute atomic E-state index is 0.181. The van der Waals surface area contributed by atoms with Gasteiger partial charge in [-0.05, 0) is 30.5 Å². The summed E-state index contributed by atoms with van der Waals surface area (Å²) in [5.41, 5.74) is 5.96. The van der Waals surface area contributed by atoms with E-state index in [9.17, 15) is 4.79 Å². The molecule has 1 amide bonds. The third kappa shape index (κ3) is 3.33.